The highest BCUT2D eigenvalue weighted by Gasteiger charge is 2.40. The first kappa shape index (κ1) is 9.19. The van der Waals surface area contributed by atoms with E-state index in [0.717, 1.165) is 12.0 Å². The van der Waals surface area contributed by atoms with E-state index in [1.807, 2.05) is 13.0 Å². The van der Waals surface area contributed by atoms with E-state index >= 15 is 0 Å². The fourth-order valence-corrected chi connectivity index (χ4v) is 1.66. The van der Waals surface area contributed by atoms with Crippen molar-refractivity contribution in [2.45, 2.75) is 20.3 Å². The van der Waals surface area contributed by atoms with Crippen LogP contribution in [0.1, 0.15) is 29.3 Å². The second kappa shape index (κ2) is 3.08. The molecule has 1 aromatic rings. The number of hydrogen-bond acceptors (Lipinski definition) is 3. The number of carbonyl (C=O) groups excluding carboxylic acids is 1. The molecule has 0 aliphatic heterocycles. The van der Waals surface area contributed by atoms with Gasteiger partial charge in [-0.05, 0) is 30.9 Å². The standard InChI is InChI=1S/C11H14N2O/c1-6-3-9(11(12)13-5-6)10(14)8-4-7(8)2/h3,5,7-8H,4H2,1-2H3,(H2,12,13). The van der Waals surface area contributed by atoms with Crippen molar-refractivity contribution in [1.29, 1.82) is 0 Å². The fourth-order valence-electron chi connectivity index (χ4n) is 1.66. The van der Waals surface area contributed by atoms with Crippen LogP contribution in [0.3, 0.4) is 0 Å². The summed E-state index contributed by atoms with van der Waals surface area (Å²) in [6, 6.07) is 1.83. The van der Waals surface area contributed by atoms with Gasteiger partial charge >= 0.3 is 0 Å². The smallest absolute Gasteiger partial charge is 0.169 e. The van der Waals surface area contributed by atoms with Crippen LogP contribution in [0.25, 0.3) is 0 Å². The van der Waals surface area contributed by atoms with Gasteiger partial charge < -0.3 is 5.73 Å². The highest BCUT2D eigenvalue weighted by Crippen LogP contribution is 2.40. The lowest BCUT2D eigenvalue weighted by molar-refractivity contribution is 0.0963. The molecule has 2 unspecified atom stereocenters. The number of aryl methyl sites for hydroxylation is 1. The molecular formula is C11H14N2O. The Labute approximate surface area is 83.3 Å². The number of aromatic nitrogens is 1. The molecule has 0 saturated heterocycles. The number of nitrogen functional groups attached to an aromatic ring is 1. The van der Waals surface area contributed by atoms with Crippen molar-refractivity contribution in [1.82, 2.24) is 4.98 Å². The number of anilines is 1. The molecule has 2 N–H and O–H groups in total. The zero-order valence-electron chi connectivity index (χ0n) is 8.45. The molecule has 0 bridgehead atoms. The molecule has 1 aliphatic carbocycles. The average molecular weight is 190 g/mol. The summed E-state index contributed by atoms with van der Waals surface area (Å²) < 4.78 is 0. The molecular weight excluding hydrogens is 176 g/mol. The summed E-state index contributed by atoms with van der Waals surface area (Å²) >= 11 is 0. The van der Waals surface area contributed by atoms with Crippen LogP contribution < -0.4 is 5.73 Å². The van der Waals surface area contributed by atoms with Gasteiger partial charge in [0.2, 0.25) is 0 Å². The summed E-state index contributed by atoms with van der Waals surface area (Å²) in [6.07, 6.45) is 2.68. The molecule has 0 amide bonds. The van der Waals surface area contributed by atoms with Crippen molar-refractivity contribution in [2.75, 3.05) is 5.73 Å². The summed E-state index contributed by atoms with van der Waals surface area (Å²) in [5.41, 5.74) is 7.25. The van der Waals surface area contributed by atoms with E-state index in [2.05, 4.69) is 11.9 Å². The first-order valence-corrected chi connectivity index (χ1v) is 4.86. The Morgan fingerprint density at radius 1 is 1.64 bits per heavy atom. The predicted molar refractivity (Wildman–Crippen MR) is 55.0 cm³/mol. The zero-order valence-corrected chi connectivity index (χ0v) is 8.45. The highest BCUT2D eigenvalue weighted by molar-refractivity contribution is 6.03. The maximum atomic E-state index is 11.9. The van der Waals surface area contributed by atoms with Crippen LogP contribution in [0.4, 0.5) is 5.82 Å². The summed E-state index contributed by atoms with van der Waals surface area (Å²) in [5, 5.41) is 0. The lowest BCUT2D eigenvalue weighted by Gasteiger charge is -2.03. The lowest BCUT2D eigenvalue weighted by atomic mass is 10.1. The van der Waals surface area contributed by atoms with E-state index < -0.39 is 0 Å². The molecule has 74 valence electrons. The average Bonchev–Trinajstić information content (AvgIpc) is 2.86. The molecule has 0 aromatic carbocycles. The maximum Gasteiger partial charge on any atom is 0.169 e. The molecule has 2 rings (SSSR count). The molecule has 1 aliphatic rings. The van der Waals surface area contributed by atoms with Crippen molar-refractivity contribution in [3.05, 3.63) is 23.4 Å². The molecule has 14 heavy (non-hydrogen) atoms. The van der Waals surface area contributed by atoms with Crippen LogP contribution in [0.15, 0.2) is 12.3 Å². The number of pyridine rings is 1. The molecule has 1 heterocycles. The van der Waals surface area contributed by atoms with E-state index in [9.17, 15) is 4.79 Å². The SMILES string of the molecule is Cc1cnc(N)c(C(=O)C2CC2C)c1. The summed E-state index contributed by atoms with van der Waals surface area (Å²) in [5.74, 6) is 1.22. The Kier molecular flexibility index (Phi) is 2.02. The molecule has 3 nitrogen and oxygen atoms in total. The molecule has 3 heteroatoms. The minimum absolute atomic E-state index is 0.159. The molecule has 1 fully saturated rings. The maximum absolute atomic E-state index is 11.9. The normalized spacial score (nSPS) is 24.7. The number of ketones is 1. The summed E-state index contributed by atoms with van der Waals surface area (Å²) in [6.45, 7) is 4.00. The van der Waals surface area contributed by atoms with E-state index in [0.29, 0.717) is 17.3 Å². The second-order valence-electron chi connectivity index (χ2n) is 4.13. The molecule has 1 aromatic heterocycles. The van der Waals surface area contributed by atoms with Crippen molar-refractivity contribution in [3.8, 4) is 0 Å². The number of carbonyl (C=O) groups is 1. The van der Waals surface area contributed by atoms with Gasteiger partial charge in [-0.1, -0.05) is 6.92 Å². The third-order valence-electron chi connectivity index (χ3n) is 2.77. The second-order valence-corrected chi connectivity index (χ2v) is 4.13. The van der Waals surface area contributed by atoms with Gasteiger partial charge in [-0.25, -0.2) is 4.98 Å². The number of Topliss-reactive ketones (excluding diaryl/α,β-unsaturated/α-hetero) is 1. The first-order chi connectivity index (χ1) is 6.59. The van der Waals surface area contributed by atoms with E-state index in [1.165, 1.54) is 0 Å². The Bertz CT molecular complexity index is 387. The Morgan fingerprint density at radius 2 is 2.29 bits per heavy atom. The number of nitrogens with two attached hydrogens (primary N) is 1. The van der Waals surface area contributed by atoms with Crippen LogP contribution in [-0.2, 0) is 0 Å². The number of nitrogens with zero attached hydrogens (tertiary/aromatic N) is 1. The minimum atomic E-state index is 0.159. The van der Waals surface area contributed by atoms with Gasteiger partial charge in [-0.15, -0.1) is 0 Å². The number of hydrogen-bond donors (Lipinski definition) is 1. The fraction of sp³-hybridized carbons (Fsp3) is 0.455. The van der Waals surface area contributed by atoms with Gasteiger partial charge in [0.15, 0.2) is 5.78 Å². The van der Waals surface area contributed by atoms with Crippen molar-refractivity contribution in [2.24, 2.45) is 11.8 Å². The van der Waals surface area contributed by atoms with Crippen LogP contribution in [-0.4, -0.2) is 10.8 Å². The third-order valence-corrected chi connectivity index (χ3v) is 2.77. The van der Waals surface area contributed by atoms with Gasteiger partial charge in [-0.3, -0.25) is 4.79 Å². The van der Waals surface area contributed by atoms with Crippen molar-refractivity contribution in [3.63, 3.8) is 0 Å². The lowest BCUT2D eigenvalue weighted by Crippen LogP contribution is -2.08. The third kappa shape index (κ3) is 1.50. The van der Waals surface area contributed by atoms with E-state index in [-0.39, 0.29) is 11.7 Å². The molecule has 0 spiro atoms. The summed E-state index contributed by atoms with van der Waals surface area (Å²) in [7, 11) is 0. The van der Waals surface area contributed by atoms with E-state index in [1.54, 1.807) is 6.20 Å². The van der Waals surface area contributed by atoms with Gasteiger partial charge in [-0.2, -0.15) is 0 Å². The molecule has 0 radical (unpaired) electrons. The Balaban J connectivity index is 2.31. The quantitative estimate of drug-likeness (QED) is 0.723. The van der Waals surface area contributed by atoms with Gasteiger partial charge in [0.25, 0.3) is 0 Å². The largest absolute Gasteiger partial charge is 0.383 e. The van der Waals surface area contributed by atoms with Gasteiger partial charge in [0.1, 0.15) is 5.82 Å². The zero-order chi connectivity index (χ0) is 10.3. The molecule has 2 atom stereocenters. The van der Waals surface area contributed by atoms with Crippen molar-refractivity contribution >= 4 is 11.6 Å². The topological polar surface area (TPSA) is 56.0 Å². The highest BCUT2D eigenvalue weighted by atomic mass is 16.1. The summed E-state index contributed by atoms with van der Waals surface area (Å²) in [4.78, 5) is 15.9. The van der Waals surface area contributed by atoms with Crippen LogP contribution in [0.2, 0.25) is 0 Å². The minimum Gasteiger partial charge on any atom is -0.383 e. The Hall–Kier alpha value is -1.38. The first-order valence-electron chi connectivity index (χ1n) is 4.86. The number of rotatable bonds is 2. The predicted octanol–water partition coefficient (Wildman–Crippen LogP) is 1.81. The van der Waals surface area contributed by atoms with Crippen LogP contribution in [0, 0.1) is 18.8 Å². The van der Waals surface area contributed by atoms with Crippen LogP contribution >= 0.6 is 0 Å². The van der Waals surface area contributed by atoms with Crippen LogP contribution in [0.5, 0.6) is 0 Å². The monoisotopic (exact) mass is 190 g/mol. The van der Waals surface area contributed by atoms with Gasteiger partial charge in [0, 0.05) is 12.1 Å². The van der Waals surface area contributed by atoms with Gasteiger partial charge in [0.05, 0.1) is 5.56 Å². The van der Waals surface area contributed by atoms with Crippen molar-refractivity contribution < 1.29 is 4.79 Å². The Morgan fingerprint density at radius 3 is 2.86 bits per heavy atom. The molecule has 1 saturated carbocycles. The van der Waals surface area contributed by atoms with E-state index in [4.69, 9.17) is 5.73 Å².